The monoisotopic (exact) mass is 385 g/mol. The second-order valence-electron chi connectivity index (χ2n) is 5.91. The summed E-state index contributed by atoms with van der Waals surface area (Å²) in [6.07, 6.45) is -5.21. The summed E-state index contributed by atoms with van der Waals surface area (Å²) in [6, 6.07) is 3.16. The van der Waals surface area contributed by atoms with E-state index in [4.69, 9.17) is 14.2 Å². The van der Waals surface area contributed by atoms with Gasteiger partial charge in [0.25, 0.3) is 0 Å². The second-order valence-corrected chi connectivity index (χ2v) is 5.91. The van der Waals surface area contributed by atoms with Crippen LogP contribution in [0.1, 0.15) is 17.3 Å². The van der Waals surface area contributed by atoms with Crippen LogP contribution in [0.2, 0.25) is 0 Å². The minimum absolute atomic E-state index is 0.158. The third-order valence-electron chi connectivity index (χ3n) is 4.08. The number of amides is 1. The molecule has 0 radical (unpaired) electrons. The molecule has 0 spiro atoms. The Hall–Kier alpha value is -2.40. The number of benzene rings is 1. The Balaban J connectivity index is 2.30. The third-order valence-corrected chi connectivity index (χ3v) is 4.08. The second kappa shape index (κ2) is 9.00. The summed E-state index contributed by atoms with van der Waals surface area (Å²) >= 11 is 0. The minimum Gasteiger partial charge on any atom is -0.493 e. The summed E-state index contributed by atoms with van der Waals surface area (Å²) < 4.78 is 21.1. The molecule has 1 amide bonds. The van der Waals surface area contributed by atoms with Crippen LogP contribution >= 0.6 is 0 Å². The van der Waals surface area contributed by atoms with Crippen molar-refractivity contribution in [3.8, 4) is 11.5 Å². The highest BCUT2D eigenvalue weighted by molar-refractivity contribution is 5.90. The normalized spacial score (nSPS) is 27.6. The van der Waals surface area contributed by atoms with Crippen LogP contribution in [0, 0.1) is 0 Å². The Bertz CT molecular complexity index is 680. The van der Waals surface area contributed by atoms with Crippen LogP contribution in [0.4, 0.5) is 0 Å². The van der Waals surface area contributed by atoms with Gasteiger partial charge in [0.15, 0.2) is 11.5 Å². The van der Waals surface area contributed by atoms with Crippen molar-refractivity contribution in [2.45, 2.75) is 37.6 Å². The smallest absolute Gasteiger partial charge is 0.337 e. The number of carbonyl (C=O) groups is 2. The molecule has 10 nitrogen and oxygen atoms in total. The van der Waals surface area contributed by atoms with E-state index in [0.717, 1.165) is 0 Å². The van der Waals surface area contributed by atoms with Gasteiger partial charge in [0.2, 0.25) is 12.2 Å². The molecule has 0 bridgehead atoms. The Kier molecular flexibility index (Phi) is 6.97. The predicted octanol–water partition coefficient (Wildman–Crippen LogP) is -1.20. The summed E-state index contributed by atoms with van der Waals surface area (Å²) in [7, 11) is 2.61. The lowest BCUT2D eigenvalue weighted by Gasteiger charge is -2.42. The molecule has 150 valence electrons. The highest BCUT2D eigenvalue weighted by Crippen LogP contribution is 2.32. The highest BCUT2D eigenvalue weighted by atomic mass is 16.7. The van der Waals surface area contributed by atoms with Crippen molar-refractivity contribution in [2.75, 3.05) is 20.8 Å². The fourth-order valence-electron chi connectivity index (χ4n) is 2.71. The van der Waals surface area contributed by atoms with Crippen LogP contribution in [0.25, 0.3) is 0 Å². The average Bonchev–Trinajstić information content (AvgIpc) is 2.66. The zero-order valence-electron chi connectivity index (χ0n) is 15.1. The van der Waals surface area contributed by atoms with Gasteiger partial charge in [-0.15, -0.1) is 0 Å². The Morgan fingerprint density at radius 2 is 1.89 bits per heavy atom. The van der Waals surface area contributed by atoms with E-state index in [-0.39, 0.29) is 17.1 Å². The number of nitrogens with one attached hydrogen (secondary N) is 1. The molecule has 1 aromatic rings. The van der Waals surface area contributed by atoms with Crippen LogP contribution in [0.3, 0.4) is 0 Å². The zero-order chi connectivity index (χ0) is 20.1. The lowest BCUT2D eigenvalue weighted by molar-refractivity contribution is -0.244. The van der Waals surface area contributed by atoms with Crippen molar-refractivity contribution in [2.24, 2.45) is 0 Å². The highest BCUT2D eigenvalue weighted by Gasteiger charge is 2.46. The van der Waals surface area contributed by atoms with Crippen LogP contribution in [0.15, 0.2) is 18.2 Å². The van der Waals surface area contributed by atoms with Crippen LogP contribution < -0.4 is 14.8 Å². The molecule has 1 aliphatic heterocycles. The number of ether oxygens (including phenoxy) is 4. The summed E-state index contributed by atoms with van der Waals surface area (Å²) in [5.41, 5.74) is 0.230. The van der Waals surface area contributed by atoms with Crippen LogP contribution in [0.5, 0.6) is 11.5 Å². The maximum Gasteiger partial charge on any atom is 0.337 e. The van der Waals surface area contributed by atoms with Gasteiger partial charge in [0.1, 0.15) is 24.4 Å². The van der Waals surface area contributed by atoms with Crippen molar-refractivity contribution in [3.05, 3.63) is 23.8 Å². The number of aliphatic hydroxyl groups excluding tert-OH is 3. The minimum atomic E-state index is -1.44. The van der Waals surface area contributed by atoms with Gasteiger partial charge >= 0.3 is 5.97 Å². The fraction of sp³-hybridized carbons (Fsp3) is 0.529. The standard InChI is InChI=1S/C17H23NO9/c1-8(20)18-13-15(22)14(21)12(7-19)27-17(13)26-10-5-4-9(16(23)25-3)6-11(10)24-2/h4-6,12-15,17,19,21-22H,7H2,1-3H3,(H,18,20)/t12-,13+,14+,15-,17-/m1/s1. The lowest BCUT2D eigenvalue weighted by atomic mass is 9.97. The largest absolute Gasteiger partial charge is 0.493 e. The summed E-state index contributed by atoms with van der Waals surface area (Å²) in [4.78, 5) is 23.1. The van der Waals surface area contributed by atoms with Gasteiger partial charge in [-0.25, -0.2) is 4.79 Å². The molecule has 2 rings (SSSR count). The molecule has 5 atom stereocenters. The van der Waals surface area contributed by atoms with Gasteiger partial charge < -0.3 is 39.6 Å². The molecular weight excluding hydrogens is 362 g/mol. The van der Waals surface area contributed by atoms with Crippen molar-refractivity contribution >= 4 is 11.9 Å². The first-order chi connectivity index (χ1) is 12.8. The summed E-state index contributed by atoms with van der Waals surface area (Å²) in [5, 5.41) is 32.1. The third kappa shape index (κ3) is 4.66. The van der Waals surface area contributed by atoms with Gasteiger partial charge in [-0.05, 0) is 18.2 Å². The van der Waals surface area contributed by atoms with Gasteiger partial charge in [-0.3, -0.25) is 4.79 Å². The molecule has 0 aromatic heterocycles. The average molecular weight is 385 g/mol. The van der Waals surface area contributed by atoms with Crippen LogP contribution in [-0.2, 0) is 14.3 Å². The van der Waals surface area contributed by atoms with Crippen molar-refractivity contribution in [1.82, 2.24) is 5.32 Å². The number of carbonyl (C=O) groups excluding carboxylic acids is 2. The molecule has 10 heteroatoms. The Morgan fingerprint density at radius 1 is 1.19 bits per heavy atom. The number of hydrogen-bond acceptors (Lipinski definition) is 9. The molecule has 0 saturated carbocycles. The van der Waals surface area contributed by atoms with E-state index in [1.54, 1.807) is 0 Å². The van der Waals surface area contributed by atoms with E-state index >= 15 is 0 Å². The van der Waals surface area contributed by atoms with Gasteiger partial charge in [0.05, 0.1) is 26.4 Å². The summed E-state index contributed by atoms with van der Waals surface area (Å²) in [5.74, 6) is -0.697. The van der Waals surface area contributed by atoms with E-state index in [0.29, 0.717) is 0 Å². The predicted molar refractivity (Wildman–Crippen MR) is 90.3 cm³/mol. The quantitative estimate of drug-likeness (QED) is 0.444. The Morgan fingerprint density at radius 3 is 2.44 bits per heavy atom. The molecule has 4 N–H and O–H groups in total. The molecule has 1 heterocycles. The molecule has 1 fully saturated rings. The van der Waals surface area contributed by atoms with E-state index in [1.807, 2.05) is 0 Å². The number of aliphatic hydroxyl groups is 3. The SMILES string of the molecule is COC(=O)c1ccc(O[C@@H]2O[C@H](CO)[C@H](O)[C@H](O)[C@@H]2NC(C)=O)c(OC)c1. The van der Waals surface area contributed by atoms with Crippen molar-refractivity contribution in [1.29, 1.82) is 0 Å². The molecule has 0 unspecified atom stereocenters. The molecule has 0 aliphatic carbocycles. The van der Waals surface area contributed by atoms with E-state index in [1.165, 1.54) is 39.3 Å². The van der Waals surface area contributed by atoms with Gasteiger partial charge in [-0.1, -0.05) is 0 Å². The number of hydrogen-bond donors (Lipinski definition) is 4. The van der Waals surface area contributed by atoms with Gasteiger partial charge in [-0.2, -0.15) is 0 Å². The molecule has 1 aromatic carbocycles. The maximum absolute atomic E-state index is 11.6. The first-order valence-corrected chi connectivity index (χ1v) is 8.15. The van der Waals surface area contributed by atoms with Crippen molar-refractivity contribution in [3.63, 3.8) is 0 Å². The topological polar surface area (TPSA) is 144 Å². The van der Waals surface area contributed by atoms with E-state index < -0.39 is 49.1 Å². The van der Waals surface area contributed by atoms with E-state index in [2.05, 4.69) is 10.1 Å². The van der Waals surface area contributed by atoms with Crippen molar-refractivity contribution < 1.29 is 43.9 Å². The number of rotatable bonds is 6. The van der Waals surface area contributed by atoms with Crippen LogP contribution in [-0.4, -0.2) is 78.7 Å². The number of esters is 1. The first kappa shape index (κ1) is 20.9. The summed E-state index contributed by atoms with van der Waals surface area (Å²) in [6.45, 7) is 0.670. The lowest BCUT2D eigenvalue weighted by Crippen LogP contribution is -2.65. The molecular formula is C17H23NO9. The number of methoxy groups -OCH3 is 2. The van der Waals surface area contributed by atoms with E-state index in [9.17, 15) is 24.9 Å². The maximum atomic E-state index is 11.6. The first-order valence-electron chi connectivity index (χ1n) is 8.15. The molecule has 27 heavy (non-hydrogen) atoms. The molecule has 1 saturated heterocycles. The Labute approximate surface area is 155 Å². The fourth-order valence-corrected chi connectivity index (χ4v) is 2.71. The van der Waals surface area contributed by atoms with Gasteiger partial charge in [0, 0.05) is 6.92 Å². The molecule has 1 aliphatic rings. The zero-order valence-corrected chi connectivity index (χ0v) is 15.1.